The first-order chi connectivity index (χ1) is 14.0. The summed E-state index contributed by atoms with van der Waals surface area (Å²) in [5.74, 6) is 2.97. The van der Waals surface area contributed by atoms with Crippen molar-refractivity contribution in [1.29, 1.82) is 0 Å². The Morgan fingerprint density at radius 3 is 2.41 bits per heavy atom. The van der Waals surface area contributed by atoms with E-state index in [0.29, 0.717) is 16.5 Å². The van der Waals surface area contributed by atoms with Crippen molar-refractivity contribution in [3.05, 3.63) is 35.0 Å². The molecule has 1 N–H and O–H groups in total. The number of hydrogen-bond donors (Lipinski definition) is 1. The van der Waals surface area contributed by atoms with Crippen molar-refractivity contribution in [2.75, 3.05) is 37.5 Å². The fourth-order valence-electron chi connectivity index (χ4n) is 3.45. The fourth-order valence-corrected chi connectivity index (χ4v) is 3.69. The maximum atomic E-state index is 6.34. The van der Waals surface area contributed by atoms with E-state index in [-0.39, 0.29) is 0 Å². The Kier molecular flexibility index (Phi) is 6.69. The van der Waals surface area contributed by atoms with Crippen molar-refractivity contribution >= 4 is 34.6 Å². The molecular formula is C21H28ClN5O2. The van der Waals surface area contributed by atoms with Gasteiger partial charge in [-0.3, -0.25) is 0 Å². The molecule has 2 aromatic heterocycles. The Bertz CT molecular complexity index is 983. The first kappa shape index (κ1) is 21.0. The van der Waals surface area contributed by atoms with Gasteiger partial charge in [0.05, 0.1) is 31.1 Å². The van der Waals surface area contributed by atoms with Crippen molar-refractivity contribution < 1.29 is 9.47 Å². The number of anilines is 3. The molecule has 0 aliphatic heterocycles. The van der Waals surface area contributed by atoms with E-state index in [2.05, 4.69) is 36.1 Å². The highest BCUT2D eigenvalue weighted by atomic mass is 35.5. The van der Waals surface area contributed by atoms with Crippen LogP contribution in [-0.4, -0.2) is 41.9 Å². The lowest BCUT2D eigenvalue weighted by Crippen LogP contribution is -2.28. The predicted octanol–water partition coefficient (Wildman–Crippen LogP) is 5.08. The highest BCUT2D eigenvalue weighted by Gasteiger charge is 2.19. The zero-order valence-electron chi connectivity index (χ0n) is 17.6. The minimum atomic E-state index is 0.498. The Balaban J connectivity index is 2.12. The summed E-state index contributed by atoms with van der Waals surface area (Å²) in [5, 5.41) is 8.41. The SMILES string of the molecule is CCCN(CCC)c1c(C)c(Nc2cc(Cl)c(OC)cc2OC)nc2ccnn12. The average Bonchev–Trinajstić information content (AvgIpc) is 3.16. The van der Waals surface area contributed by atoms with Gasteiger partial charge in [0.15, 0.2) is 5.65 Å². The second-order valence-corrected chi connectivity index (χ2v) is 7.22. The number of hydrogen-bond acceptors (Lipinski definition) is 6. The molecule has 7 nitrogen and oxygen atoms in total. The predicted molar refractivity (Wildman–Crippen MR) is 118 cm³/mol. The Morgan fingerprint density at radius 1 is 1.10 bits per heavy atom. The van der Waals surface area contributed by atoms with Crippen molar-refractivity contribution in [3.63, 3.8) is 0 Å². The third kappa shape index (κ3) is 4.19. The van der Waals surface area contributed by atoms with Gasteiger partial charge in [0.2, 0.25) is 0 Å². The van der Waals surface area contributed by atoms with Gasteiger partial charge in [-0.05, 0) is 25.8 Å². The van der Waals surface area contributed by atoms with Crippen LogP contribution in [0.25, 0.3) is 5.65 Å². The smallest absolute Gasteiger partial charge is 0.159 e. The molecular weight excluding hydrogens is 390 g/mol. The molecule has 8 heteroatoms. The van der Waals surface area contributed by atoms with E-state index < -0.39 is 0 Å². The molecule has 0 unspecified atom stereocenters. The van der Waals surface area contributed by atoms with Crippen LogP contribution >= 0.6 is 11.6 Å². The van der Waals surface area contributed by atoms with Gasteiger partial charge in [0.1, 0.15) is 23.1 Å². The fraction of sp³-hybridized carbons (Fsp3) is 0.429. The minimum Gasteiger partial charge on any atom is -0.495 e. The number of halogens is 1. The molecule has 0 bridgehead atoms. The summed E-state index contributed by atoms with van der Waals surface area (Å²) in [6.45, 7) is 8.32. The van der Waals surface area contributed by atoms with Crippen LogP contribution in [0.1, 0.15) is 32.3 Å². The summed E-state index contributed by atoms with van der Waals surface area (Å²) >= 11 is 6.34. The Morgan fingerprint density at radius 2 is 1.79 bits per heavy atom. The first-order valence-corrected chi connectivity index (χ1v) is 10.2. The average molecular weight is 418 g/mol. The molecule has 0 atom stereocenters. The molecule has 0 spiro atoms. The van der Waals surface area contributed by atoms with Crippen molar-refractivity contribution in [3.8, 4) is 11.5 Å². The topological polar surface area (TPSA) is 63.9 Å². The van der Waals surface area contributed by atoms with E-state index >= 15 is 0 Å². The molecule has 0 aliphatic carbocycles. The van der Waals surface area contributed by atoms with E-state index in [1.54, 1.807) is 32.5 Å². The molecule has 0 amide bonds. The number of rotatable bonds is 9. The van der Waals surface area contributed by atoms with Crippen LogP contribution in [0.15, 0.2) is 24.4 Å². The number of nitrogens with one attached hydrogen (secondary N) is 1. The second kappa shape index (κ2) is 9.22. The number of fused-ring (bicyclic) bond motifs is 1. The third-order valence-corrected chi connectivity index (χ3v) is 5.05. The van der Waals surface area contributed by atoms with Gasteiger partial charge >= 0.3 is 0 Å². The van der Waals surface area contributed by atoms with Gasteiger partial charge in [0, 0.05) is 30.8 Å². The summed E-state index contributed by atoms with van der Waals surface area (Å²) in [6, 6.07) is 5.46. The Labute approximate surface area is 176 Å². The second-order valence-electron chi connectivity index (χ2n) is 6.81. The van der Waals surface area contributed by atoms with Crippen LogP contribution in [0, 0.1) is 6.92 Å². The summed E-state index contributed by atoms with van der Waals surface area (Å²) in [5.41, 5.74) is 2.52. The quantitative estimate of drug-likeness (QED) is 0.523. The summed E-state index contributed by atoms with van der Waals surface area (Å²) in [4.78, 5) is 7.14. The third-order valence-electron chi connectivity index (χ3n) is 4.75. The van der Waals surface area contributed by atoms with Crippen LogP contribution in [0.3, 0.4) is 0 Å². The van der Waals surface area contributed by atoms with Crippen LogP contribution in [0.4, 0.5) is 17.3 Å². The summed E-state index contributed by atoms with van der Waals surface area (Å²) < 4.78 is 12.7. The van der Waals surface area contributed by atoms with E-state index in [9.17, 15) is 0 Å². The molecule has 156 valence electrons. The molecule has 0 saturated carbocycles. The van der Waals surface area contributed by atoms with E-state index in [4.69, 9.17) is 26.1 Å². The zero-order valence-corrected chi connectivity index (χ0v) is 18.4. The molecule has 0 radical (unpaired) electrons. The standard InChI is InChI=1S/C21H28ClN5O2/c1-6-10-26(11-7-2)21-14(3)20(25-19-8-9-23-27(19)21)24-16-12-15(22)17(28-4)13-18(16)29-5/h8-9,12-13H,6-7,10-11H2,1-5H3,(H,24,25). The zero-order chi connectivity index (χ0) is 21.0. The van der Waals surface area contributed by atoms with Crippen molar-refractivity contribution in [2.24, 2.45) is 0 Å². The summed E-state index contributed by atoms with van der Waals surface area (Å²) in [7, 11) is 3.19. The molecule has 2 heterocycles. The lowest BCUT2D eigenvalue weighted by atomic mass is 10.2. The lowest BCUT2D eigenvalue weighted by Gasteiger charge is -2.27. The van der Waals surface area contributed by atoms with Crippen molar-refractivity contribution in [1.82, 2.24) is 14.6 Å². The van der Waals surface area contributed by atoms with Gasteiger partial charge in [-0.2, -0.15) is 9.61 Å². The van der Waals surface area contributed by atoms with Gasteiger partial charge in [-0.15, -0.1) is 0 Å². The first-order valence-electron chi connectivity index (χ1n) is 9.81. The maximum Gasteiger partial charge on any atom is 0.159 e. The Hall–Kier alpha value is -2.67. The summed E-state index contributed by atoms with van der Waals surface area (Å²) in [6.07, 6.45) is 3.88. The monoisotopic (exact) mass is 417 g/mol. The molecule has 3 rings (SSSR count). The normalized spacial score (nSPS) is 11.0. The number of ether oxygens (including phenoxy) is 2. The molecule has 0 aliphatic rings. The van der Waals surface area contributed by atoms with Gasteiger partial charge in [-0.1, -0.05) is 25.4 Å². The molecule has 1 aromatic carbocycles. The molecule has 0 saturated heterocycles. The number of nitrogens with zero attached hydrogens (tertiary/aromatic N) is 4. The van der Waals surface area contributed by atoms with Crippen LogP contribution in [0.2, 0.25) is 5.02 Å². The van der Waals surface area contributed by atoms with Gasteiger partial charge in [0.25, 0.3) is 0 Å². The number of benzene rings is 1. The lowest BCUT2D eigenvalue weighted by molar-refractivity contribution is 0.396. The van der Waals surface area contributed by atoms with E-state index in [0.717, 1.165) is 54.5 Å². The highest BCUT2D eigenvalue weighted by molar-refractivity contribution is 6.32. The van der Waals surface area contributed by atoms with E-state index in [1.165, 1.54) is 0 Å². The number of methoxy groups -OCH3 is 2. The molecule has 0 fully saturated rings. The van der Waals surface area contributed by atoms with Gasteiger partial charge < -0.3 is 19.7 Å². The largest absolute Gasteiger partial charge is 0.495 e. The highest BCUT2D eigenvalue weighted by Crippen LogP contribution is 2.38. The van der Waals surface area contributed by atoms with Crippen LogP contribution in [-0.2, 0) is 0 Å². The van der Waals surface area contributed by atoms with Gasteiger partial charge in [-0.25, -0.2) is 4.98 Å². The van der Waals surface area contributed by atoms with E-state index in [1.807, 2.05) is 10.6 Å². The molecule has 3 aromatic rings. The minimum absolute atomic E-state index is 0.498. The maximum absolute atomic E-state index is 6.34. The van der Waals surface area contributed by atoms with Crippen LogP contribution in [0.5, 0.6) is 11.5 Å². The van der Waals surface area contributed by atoms with Crippen molar-refractivity contribution in [2.45, 2.75) is 33.6 Å². The van der Waals surface area contributed by atoms with Crippen LogP contribution < -0.4 is 19.7 Å². The molecule has 29 heavy (non-hydrogen) atoms. The number of aromatic nitrogens is 3.